The van der Waals surface area contributed by atoms with Crippen LogP contribution >= 0.6 is 0 Å². The molecule has 0 aromatic heterocycles. The second-order valence-electron chi connectivity index (χ2n) is 5.12. The Labute approximate surface area is 131 Å². The van der Waals surface area contributed by atoms with E-state index < -0.39 is 12.0 Å². The fourth-order valence-corrected chi connectivity index (χ4v) is 1.92. The highest BCUT2D eigenvalue weighted by atomic mass is 16.5. The molecule has 5 heteroatoms. The van der Waals surface area contributed by atoms with Crippen LogP contribution in [-0.2, 0) is 20.7 Å². The van der Waals surface area contributed by atoms with Crippen LogP contribution in [0.15, 0.2) is 36.9 Å². The molecule has 1 unspecified atom stereocenters. The molecule has 1 rings (SSSR count). The second kappa shape index (κ2) is 9.73. The van der Waals surface area contributed by atoms with Crippen molar-refractivity contribution in [1.82, 2.24) is 5.32 Å². The number of carbonyl (C=O) groups excluding carboxylic acids is 1. The van der Waals surface area contributed by atoms with Crippen molar-refractivity contribution < 1.29 is 19.4 Å². The van der Waals surface area contributed by atoms with Gasteiger partial charge in [0, 0.05) is 6.42 Å². The number of aliphatic carboxylic acids is 1. The molecule has 1 amide bonds. The van der Waals surface area contributed by atoms with Gasteiger partial charge in [0.1, 0.15) is 0 Å². The summed E-state index contributed by atoms with van der Waals surface area (Å²) in [5, 5.41) is 11.5. The quantitative estimate of drug-likeness (QED) is 0.513. The Balaban J connectivity index is 2.32. The standard InChI is InChI=1S/C17H23NO4/c1-3-11-22-12-15(17(20)21)18-16(19)6-4-5-14-9-7-13(2)8-10-14/h3,7-10,15H,1,4-6,11-12H2,2H3,(H,18,19)(H,20,21). The summed E-state index contributed by atoms with van der Waals surface area (Å²) in [5.41, 5.74) is 2.37. The van der Waals surface area contributed by atoms with Crippen LogP contribution in [-0.4, -0.2) is 36.2 Å². The Bertz CT molecular complexity index is 496. The summed E-state index contributed by atoms with van der Waals surface area (Å²) in [7, 11) is 0. The number of benzene rings is 1. The van der Waals surface area contributed by atoms with E-state index in [1.165, 1.54) is 17.2 Å². The molecule has 0 aliphatic heterocycles. The summed E-state index contributed by atoms with van der Waals surface area (Å²) >= 11 is 0. The summed E-state index contributed by atoms with van der Waals surface area (Å²) in [4.78, 5) is 22.8. The van der Waals surface area contributed by atoms with Crippen LogP contribution < -0.4 is 5.32 Å². The molecule has 1 atom stereocenters. The Kier molecular flexibility index (Phi) is 7.92. The number of hydrogen-bond acceptors (Lipinski definition) is 3. The van der Waals surface area contributed by atoms with Gasteiger partial charge in [0.05, 0.1) is 13.2 Å². The molecule has 1 aromatic carbocycles. The number of hydrogen-bond donors (Lipinski definition) is 2. The molecule has 22 heavy (non-hydrogen) atoms. The van der Waals surface area contributed by atoms with Crippen LogP contribution in [0.25, 0.3) is 0 Å². The topological polar surface area (TPSA) is 75.6 Å². The van der Waals surface area contributed by atoms with Crippen molar-refractivity contribution in [1.29, 1.82) is 0 Å². The largest absolute Gasteiger partial charge is 0.480 e. The van der Waals surface area contributed by atoms with E-state index in [-0.39, 0.29) is 19.1 Å². The van der Waals surface area contributed by atoms with Crippen LogP contribution in [0.2, 0.25) is 0 Å². The molecule has 0 aliphatic carbocycles. The van der Waals surface area contributed by atoms with E-state index in [1.807, 2.05) is 31.2 Å². The first kappa shape index (κ1) is 17.9. The van der Waals surface area contributed by atoms with Crippen molar-refractivity contribution in [3.63, 3.8) is 0 Å². The lowest BCUT2D eigenvalue weighted by Crippen LogP contribution is -2.44. The molecule has 0 saturated carbocycles. The smallest absolute Gasteiger partial charge is 0.328 e. The summed E-state index contributed by atoms with van der Waals surface area (Å²) in [6.07, 6.45) is 3.29. The number of ether oxygens (including phenoxy) is 1. The summed E-state index contributed by atoms with van der Waals surface area (Å²) in [6.45, 7) is 5.70. The normalized spacial score (nSPS) is 11.7. The van der Waals surface area contributed by atoms with Gasteiger partial charge in [0.15, 0.2) is 6.04 Å². The maximum atomic E-state index is 11.8. The first-order valence-corrected chi connectivity index (χ1v) is 7.29. The summed E-state index contributed by atoms with van der Waals surface area (Å²) < 4.78 is 5.08. The zero-order chi connectivity index (χ0) is 16.4. The van der Waals surface area contributed by atoms with Gasteiger partial charge in [0.25, 0.3) is 0 Å². The van der Waals surface area contributed by atoms with E-state index in [1.54, 1.807) is 0 Å². The molecular formula is C17H23NO4. The van der Waals surface area contributed by atoms with E-state index >= 15 is 0 Å². The SMILES string of the molecule is C=CCOCC(NC(=O)CCCc1ccc(C)cc1)C(=O)O. The average Bonchev–Trinajstić information content (AvgIpc) is 2.48. The van der Waals surface area contributed by atoms with Crippen molar-refractivity contribution in [2.45, 2.75) is 32.2 Å². The lowest BCUT2D eigenvalue weighted by Gasteiger charge is -2.14. The average molecular weight is 305 g/mol. The minimum atomic E-state index is -1.10. The van der Waals surface area contributed by atoms with E-state index in [4.69, 9.17) is 9.84 Å². The first-order valence-electron chi connectivity index (χ1n) is 7.29. The highest BCUT2D eigenvalue weighted by molar-refractivity contribution is 5.83. The van der Waals surface area contributed by atoms with Crippen LogP contribution in [0.4, 0.5) is 0 Å². The predicted molar refractivity (Wildman–Crippen MR) is 84.7 cm³/mol. The van der Waals surface area contributed by atoms with E-state index in [2.05, 4.69) is 11.9 Å². The monoisotopic (exact) mass is 305 g/mol. The van der Waals surface area contributed by atoms with Crippen molar-refractivity contribution in [2.24, 2.45) is 0 Å². The molecule has 120 valence electrons. The molecule has 0 bridgehead atoms. The number of nitrogens with one attached hydrogen (secondary N) is 1. The number of carboxylic acid groups (broad SMARTS) is 1. The van der Waals surface area contributed by atoms with Crippen LogP contribution in [0, 0.1) is 6.92 Å². The third-order valence-corrected chi connectivity index (χ3v) is 3.14. The summed E-state index contributed by atoms with van der Waals surface area (Å²) in [5.74, 6) is -1.38. The molecule has 0 heterocycles. The molecule has 0 spiro atoms. The van der Waals surface area contributed by atoms with Gasteiger partial charge in [-0.05, 0) is 25.3 Å². The molecule has 1 aromatic rings. The lowest BCUT2D eigenvalue weighted by molar-refractivity contribution is -0.143. The molecule has 2 N–H and O–H groups in total. The lowest BCUT2D eigenvalue weighted by atomic mass is 10.1. The molecule has 5 nitrogen and oxygen atoms in total. The third kappa shape index (κ3) is 7.04. The van der Waals surface area contributed by atoms with Gasteiger partial charge in [-0.15, -0.1) is 6.58 Å². The van der Waals surface area contributed by atoms with Gasteiger partial charge in [0.2, 0.25) is 5.91 Å². The first-order chi connectivity index (χ1) is 10.5. The van der Waals surface area contributed by atoms with Crippen LogP contribution in [0.5, 0.6) is 0 Å². The van der Waals surface area contributed by atoms with Crippen LogP contribution in [0.1, 0.15) is 24.0 Å². The van der Waals surface area contributed by atoms with Gasteiger partial charge >= 0.3 is 5.97 Å². The van der Waals surface area contributed by atoms with Gasteiger partial charge in [-0.3, -0.25) is 4.79 Å². The zero-order valence-electron chi connectivity index (χ0n) is 12.9. The minimum absolute atomic E-state index is 0.0644. The number of carbonyl (C=O) groups is 2. The van der Waals surface area contributed by atoms with E-state index in [9.17, 15) is 9.59 Å². The van der Waals surface area contributed by atoms with E-state index in [0.717, 1.165) is 6.42 Å². The number of carboxylic acids is 1. The maximum absolute atomic E-state index is 11.8. The van der Waals surface area contributed by atoms with Crippen LogP contribution in [0.3, 0.4) is 0 Å². The van der Waals surface area contributed by atoms with Gasteiger partial charge in [-0.2, -0.15) is 0 Å². The van der Waals surface area contributed by atoms with Gasteiger partial charge in [-0.1, -0.05) is 35.9 Å². The predicted octanol–water partition coefficient (Wildman–Crippen LogP) is 2.09. The van der Waals surface area contributed by atoms with E-state index in [0.29, 0.717) is 12.8 Å². The molecule has 0 radical (unpaired) electrons. The molecule has 0 saturated heterocycles. The number of aryl methyl sites for hydroxylation is 2. The van der Waals surface area contributed by atoms with Crippen molar-refractivity contribution in [2.75, 3.05) is 13.2 Å². The zero-order valence-corrected chi connectivity index (χ0v) is 12.9. The Hall–Kier alpha value is -2.14. The van der Waals surface area contributed by atoms with Gasteiger partial charge in [-0.25, -0.2) is 4.79 Å². The van der Waals surface area contributed by atoms with Crippen molar-refractivity contribution in [3.8, 4) is 0 Å². The summed E-state index contributed by atoms with van der Waals surface area (Å²) in [6, 6.07) is 7.12. The van der Waals surface area contributed by atoms with Gasteiger partial charge < -0.3 is 15.2 Å². The molecule has 0 fully saturated rings. The molecule has 0 aliphatic rings. The second-order valence-corrected chi connectivity index (χ2v) is 5.12. The highest BCUT2D eigenvalue weighted by Crippen LogP contribution is 2.07. The fraction of sp³-hybridized carbons (Fsp3) is 0.412. The Morgan fingerprint density at radius 3 is 2.64 bits per heavy atom. The van der Waals surface area contributed by atoms with Crippen molar-refractivity contribution >= 4 is 11.9 Å². The Morgan fingerprint density at radius 2 is 2.05 bits per heavy atom. The number of rotatable bonds is 10. The fourth-order valence-electron chi connectivity index (χ4n) is 1.92. The van der Waals surface area contributed by atoms with Crippen molar-refractivity contribution in [3.05, 3.63) is 48.0 Å². The third-order valence-electron chi connectivity index (χ3n) is 3.14. The molecular weight excluding hydrogens is 282 g/mol. The number of amides is 1. The minimum Gasteiger partial charge on any atom is -0.480 e. The highest BCUT2D eigenvalue weighted by Gasteiger charge is 2.19. The maximum Gasteiger partial charge on any atom is 0.328 e. The Morgan fingerprint density at radius 1 is 1.36 bits per heavy atom.